The van der Waals surface area contributed by atoms with Crippen molar-refractivity contribution < 1.29 is 14.5 Å². The van der Waals surface area contributed by atoms with Gasteiger partial charge < -0.3 is 10.1 Å². The molecular weight excluding hydrogens is 406 g/mol. The van der Waals surface area contributed by atoms with E-state index in [1.807, 2.05) is 0 Å². The van der Waals surface area contributed by atoms with Crippen LogP contribution < -0.4 is 5.32 Å². The highest BCUT2D eigenvalue weighted by molar-refractivity contribution is 7.99. The Morgan fingerprint density at radius 3 is 2.67 bits per heavy atom. The van der Waals surface area contributed by atoms with Gasteiger partial charge in [-0.2, -0.15) is 4.98 Å². The van der Waals surface area contributed by atoms with Gasteiger partial charge in [-0.25, -0.2) is 9.48 Å². The molecule has 0 radical (unpaired) electrons. The third-order valence-electron chi connectivity index (χ3n) is 4.73. The number of nitrogens with one attached hydrogen (secondary N) is 1. The summed E-state index contributed by atoms with van der Waals surface area (Å²) < 4.78 is 6.92. The van der Waals surface area contributed by atoms with Crippen LogP contribution in [0.1, 0.15) is 51.6 Å². The van der Waals surface area contributed by atoms with Crippen LogP contribution in [0.2, 0.25) is 0 Å². The van der Waals surface area contributed by atoms with Crippen molar-refractivity contribution in [1.82, 2.24) is 14.8 Å². The Bertz CT molecular complexity index is 955. The molecule has 0 bridgehead atoms. The van der Waals surface area contributed by atoms with Crippen molar-refractivity contribution in [2.45, 2.75) is 51.2 Å². The molecule has 1 aliphatic heterocycles. The van der Waals surface area contributed by atoms with Crippen molar-refractivity contribution >= 4 is 29.4 Å². The van der Waals surface area contributed by atoms with E-state index in [0.717, 1.165) is 25.0 Å². The van der Waals surface area contributed by atoms with E-state index in [9.17, 15) is 14.9 Å². The average molecular weight is 432 g/mol. The molecule has 0 saturated heterocycles. The van der Waals surface area contributed by atoms with E-state index < -0.39 is 16.9 Å². The first-order chi connectivity index (χ1) is 14.5. The lowest BCUT2D eigenvalue weighted by Crippen LogP contribution is -2.29. The molecule has 9 nitrogen and oxygen atoms in total. The summed E-state index contributed by atoms with van der Waals surface area (Å²) in [6, 6.07) is 5.54. The number of thioether (sulfide) groups is 1. The third-order valence-corrected chi connectivity index (χ3v) is 5.65. The van der Waals surface area contributed by atoms with Gasteiger partial charge in [0.2, 0.25) is 11.1 Å². The van der Waals surface area contributed by atoms with Crippen LogP contribution in [0.5, 0.6) is 0 Å². The number of carbonyl (C=O) groups excluding carboxylic acids is 1. The summed E-state index contributed by atoms with van der Waals surface area (Å²) in [5, 5.41) is 19.4. The van der Waals surface area contributed by atoms with E-state index in [-0.39, 0.29) is 12.3 Å². The number of non-ortho nitro benzene ring substituents is 1. The van der Waals surface area contributed by atoms with Crippen molar-refractivity contribution in [2.24, 2.45) is 0 Å². The molecule has 2 heterocycles. The first kappa shape index (κ1) is 21.8. The molecule has 0 saturated carbocycles. The Morgan fingerprint density at radius 1 is 1.30 bits per heavy atom. The number of esters is 1. The lowest BCUT2D eigenvalue weighted by Gasteiger charge is -2.28. The molecule has 1 aliphatic rings. The Kier molecular flexibility index (Phi) is 7.09. The van der Waals surface area contributed by atoms with Crippen molar-refractivity contribution in [3.63, 3.8) is 0 Å². The van der Waals surface area contributed by atoms with Gasteiger partial charge >= 0.3 is 5.97 Å². The van der Waals surface area contributed by atoms with Crippen molar-refractivity contribution in [3.05, 3.63) is 51.2 Å². The van der Waals surface area contributed by atoms with Crippen molar-refractivity contribution in [1.29, 1.82) is 0 Å². The summed E-state index contributed by atoms with van der Waals surface area (Å²) in [5.74, 6) is 0.988. The Labute approximate surface area is 179 Å². The number of rotatable bonds is 9. The maximum Gasteiger partial charge on any atom is 0.338 e. The number of fused-ring (bicyclic) bond motifs is 1. The van der Waals surface area contributed by atoms with E-state index in [1.165, 1.54) is 12.1 Å². The number of hydrogen-bond acceptors (Lipinski definition) is 8. The largest absolute Gasteiger partial charge is 0.463 e. The van der Waals surface area contributed by atoms with Crippen LogP contribution >= 0.6 is 11.8 Å². The SMILES string of the molecule is CCCCCSc1nc2n(n1)[C@H](c1ccc([N+](=O)[O-])cc1)C(C(=O)OCC)=C(C)N2. The number of benzene rings is 1. The number of allylic oxidation sites excluding steroid dienone is 1. The summed E-state index contributed by atoms with van der Waals surface area (Å²) in [4.78, 5) is 27.9. The van der Waals surface area contributed by atoms with Gasteiger partial charge in [0.15, 0.2) is 0 Å². The number of nitro groups is 1. The van der Waals surface area contributed by atoms with Crippen LogP contribution in [0.25, 0.3) is 0 Å². The molecule has 1 aromatic carbocycles. The minimum absolute atomic E-state index is 0.0166. The maximum atomic E-state index is 12.7. The zero-order valence-corrected chi connectivity index (χ0v) is 18.1. The molecule has 2 aromatic rings. The quantitative estimate of drug-likeness (QED) is 0.205. The van der Waals surface area contributed by atoms with Gasteiger partial charge in [0.05, 0.1) is 17.1 Å². The van der Waals surface area contributed by atoms with Gasteiger partial charge in [-0.1, -0.05) is 31.5 Å². The monoisotopic (exact) mass is 431 g/mol. The molecule has 1 aromatic heterocycles. The fourth-order valence-electron chi connectivity index (χ4n) is 3.27. The van der Waals surface area contributed by atoms with Crippen molar-refractivity contribution in [2.75, 3.05) is 17.7 Å². The first-order valence-corrected chi connectivity index (χ1v) is 10.9. The molecule has 1 N–H and O–H groups in total. The van der Waals surface area contributed by atoms with Gasteiger partial charge in [-0.05, 0) is 38.0 Å². The molecule has 30 heavy (non-hydrogen) atoms. The van der Waals surface area contributed by atoms with Crippen LogP contribution in [0, 0.1) is 10.1 Å². The number of ether oxygens (including phenoxy) is 1. The second-order valence-corrected chi connectivity index (χ2v) is 7.92. The predicted octanol–water partition coefficient (Wildman–Crippen LogP) is 4.32. The zero-order valence-electron chi connectivity index (χ0n) is 17.3. The summed E-state index contributed by atoms with van der Waals surface area (Å²) in [5.41, 5.74) is 1.71. The molecule has 0 fully saturated rings. The second kappa shape index (κ2) is 9.75. The molecule has 10 heteroatoms. The lowest BCUT2D eigenvalue weighted by atomic mass is 9.95. The van der Waals surface area contributed by atoms with Crippen molar-refractivity contribution in [3.8, 4) is 0 Å². The molecular formula is C20H25N5O4S. The highest BCUT2D eigenvalue weighted by Crippen LogP contribution is 2.37. The first-order valence-electron chi connectivity index (χ1n) is 9.94. The maximum absolute atomic E-state index is 12.7. The van der Waals surface area contributed by atoms with Gasteiger partial charge in [0.1, 0.15) is 6.04 Å². The highest BCUT2D eigenvalue weighted by Gasteiger charge is 2.35. The predicted molar refractivity (Wildman–Crippen MR) is 114 cm³/mol. The van der Waals surface area contributed by atoms with E-state index in [1.54, 1.807) is 42.4 Å². The van der Waals surface area contributed by atoms with Gasteiger partial charge in [-0.3, -0.25) is 10.1 Å². The number of nitrogens with zero attached hydrogens (tertiary/aromatic N) is 4. The zero-order chi connectivity index (χ0) is 21.7. The molecule has 3 rings (SSSR count). The molecule has 160 valence electrons. The molecule has 0 unspecified atom stereocenters. The molecule has 0 aliphatic carbocycles. The summed E-state index contributed by atoms with van der Waals surface area (Å²) >= 11 is 1.57. The van der Waals surface area contributed by atoms with Gasteiger partial charge in [0, 0.05) is 23.6 Å². The van der Waals surface area contributed by atoms with Crippen LogP contribution in [0.4, 0.5) is 11.6 Å². The number of nitro benzene ring substituents is 1. The van der Waals surface area contributed by atoms with E-state index in [0.29, 0.717) is 27.9 Å². The van der Waals surface area contributed by atoms with Gasteiger partial charge in [-0.15, -0.1) is 5.10 Å². The smallest absolute Gasteiger partial charge is 0.338 e. The molecule has 0 spiro atoms. The Hall–Kier alpha value is -2.88. The average Bonchev–Trinajstić information content (AvgIpc) is 3.12. The fraction of sp³-hybridized carbons (Fsp3) is 0.450. The van der Waals surface area contributed by atoms with E-state index in [2.05, 4.69) is 22.3 Å². The minimum Gasteiger partial charge on any atom is -0.463 e. The Morgan fingerprint density at radius 2 is 2.03 bits per heavy atom. The van der Waals surface area contributed by atoms with Crippen LogP contribution in [-0.2, 0) is 9.53 Å². The fourth-order valence-corrected chi connectivity index (χ4v) is 4.10. The van der Waals surface area contributed by atoms with E-state index in [4.69, 9.17) is 4.74 Å². The summed E-state index contributed by atoms with van der Waals surface area (Å²) in [6.07, 6.45) is 3.37. The van der Waals surface area contributed by atoms with E-state index >= 15 is 0 Å². The number of anilines is 1. The second-order valence-electron chi connectivity index (χ2n) is 6.85. The normalized spacial score (nSPS) is 15.5. The standard InChI is InChI=1S/C20H25N5O4S/c1-4-6-7-12-30-20-22-19-21-13(3)16(18(26)29-5-2)17(24(19)23-20)14-8-10-15(11-9-14)25(27)28/h8-11,17H,4-7,12H2,1-3H3,(H,21,22,23)/t17-/m1/s1. The number of carbonyl (C=O) groups is 1. The number of aromatic nitrogens is 3. The number of hydrogen-bond donors (Lipinski definition) is 1. The lowest BCUT2D eigenvalue weighted by molar-refractivity contribution is -0.384. The van der Waals surface area contributed by atoms with Crippen LogP contribution in [0.15, 0.2) is 40.7 Å². The van der Waals surface area contributed by atoms with Crippen LogP contribution in [0.3, 0.4) is 0 Å². The Balaban J connectivity index is 1.99. The number of unbranched alkanes of at least 4 members (excludes halogenated alkanes) is 2. The highest BCUT2D eigenvalue weighted by atomic mass is 32.2. The topological polar surface area (TPSA) is 112 Å². The third kappa shape index (κ3) is 4.64. The molecule has 1 atom stereocenters. The van der Waals surface area contributed by atoms with Crippen LogP contribution in [-0.4, -0.2) is 38.0 Å². The summed E-state index contributed by atoms with van der Waals surface area (Å²) in [6.45, 7) is 5.93. The molecule has 0 amide bonds. The van der Waals surface area contributed by atoms with Gasteiger partial charge in [0.25, 0.3) is 5.69 Å². The minimum atomic E-state index is -0.585. The summed E-state index contributed by atoms with van der Waals surface area (Å²) in [7, 11) is 0.